The van der Waals surface area contributed by atoms with Crippen LogP contribution in [0, 0.1) is 0 Å². The molecule has 156 valence electrons. The van der Waals surface area contributed by atoms with E-state index in [0.717, 1.165) is 0 Å². The molecule has 2 aliphatic heterocycles. The van der Waals surface area contributed by atoms with Crippen LogP contribution in [0.2, 0.25) is 0 Å². The van der Waals surface area contributed by atoms with Gasteiger partial charge in [-0.15, -0.1) is 0 Å². The molecule has 29 heavy (non-hydrogen) atoms. The number of nitrogens with zero attached hydrogens (tertiary/aromatic N) is 2. The fourth-order valence-electron chi connectivity index (χ4n) is 3.89. The van der Waals surface area contributed by atoms with Crippen molar-refractivity contribution in [3.05, 3.63) is 29.8 Å². The quantitative estimate of drug-likeness (QED) is 0.667. The summed E-state index contributed by atoms with van der Waals surface area (Å²) in [4.78, 5) is 52.3. The van der Waals surface area contributed by atoms with Crippen LogP contribution in [-0.2, 0) is 14.3 Å². The summed E-state index contributed by atoms with van der Waals surface area (Å²) in [5.41, 5.74) is 0.335. The fourth-order valence-corrected chi connectivity index (χ4v) is 3.89. The zero-order chi connectivity index (χ0) is 21.0. The Hall–Kier alpha value is -3.10. The maximum atomic E-state index is 13.1. The van der Waals surface area contributed by atoms with Crippen molar-refractivity contribution in [2.24, 2.45) is 0 Å². The fraction of sp³-hybridized carbons (Fsp3) is 0.500. The number of alkyl carbamates (subject to hydrolysis) is 1. The van der Waals surface area contributed by atoms with E-state index < -0.39 is 11.8 Å². The van der Waals surface area contributed by atoms with Gasteiger partial charge in [-0.05, 0) is 32.4 Å². The predicted octanol–water partition coefficient (Wildman–Crippen LogP) is 1.24. The first-order valence-electron chi connectivity index (χ1n) is 9.80. The monoisotopic (exact) mass is 402 g/mol. The summed E-state index contributed by atoms with van der Waals surface area (Å²) in [6.45, 7) is 4.57. The third-order valence-corrected chi connectivity index (χ3v) is 5.30. The number of carbonyl (C=O) groups excluding carboxylic acids is 4. The Morgan fingerprint density at radius 2 is 1.90 bits per heavy atom. The maximum Gasteiger partial charge on any atom is 0.407 e. The van der Waals surface area contributed by atoms with Crippen LogP contribution in [0.3, 0.4) is 0 Å². The minimum Gasteiger partial charge on any atom is -0.450 e. The zero-order valence-corrected chi connectivity index (χ0v) is 16.7. The number of amides is 4. The lowest BCUT2D eigenvalue weighted by Gasteiger charge is -2.48. The molecule has 1 aromatic rings. The predicted molar refractivity (Wildman–Crippen MR) is 105 cm³/mol. The minimum absolute atomic E-state index is 0.0214. The highest BCUT2D eigenvalue weighted by atomic mass is 16.5. The van der Waals surface area contributed by atoms with Crippen molar-refractivity contribution >= 4 is 29.5 Å². The highest BCUT2D eigenvalue weighted by Crippen LogP contribution is 2.43. The first kappa shape index (κ1) is 20.6. The number of anilines is 1. The molecule has 0 radical (unpaired) electrons. The van der Waals surface area contributed by atoms with E-state index in [0.29, 0.717) is 24.1 Å². The highest BCUT2D eigenvalue weighted by molar-refractivity contribution is 6.10. The molecular formula is C20H26N4O5. The summed E-state index contributed by atoms with van der Waals surface area (Å²) in [7, 11) is 0. The van der Waals surface area contributed by atoms with Gasteiger partial charge >= 0.3 is 6.09 Å². The molecule has 9 heteroatoms. The second-order valence-corrected chi connectivity index (χ2v) is 7.17. The number of ether oxygens (including phenoxy) is 1. The molecule has 1 atom stereocenters. The Kier molecular flexibility index (Phi) is 6.05. The molecule has 1 fully saturated rings. The second-order valence-electron chi connectivity index (χ2n) is 7.17. The molecule has 0 saturated carbocycles. The maximum absolute atomic E-state index is 13.1. The van der Waals surface area contributed by atoms with Crippen LogP contribution in [0.1, 0.15) is 43.5 Å². The van der Waals surface area contributed by atoms with Crippen molar-refractivity contribution < 1.29 is 23.9 Å². The number of nitrogens with one attached hydrogen (secondary N) is 2. The van der Waals surface area contributed by atoms with E-state index in [-0.39, 0.29) is 50.4 Å². The number of rotatable bonds is 7. The Morgan fingerprint density at radius 3 is 2.66 bits per heavy atom. The Balaban J connectivity index is 1.61. The normalized spacial score (nSPS) is 20.2. The Morgan fingerprint density at radius 1 is 1.17 bits per heavy atom. The van der Waals surface area contributed by atoms with Crippen molar-refractivity contribution in [2.45, 2.75) is 38.8 Å². The highest BCUT2D eigenvalue weighted by Gasteiger charge is 2.52. The van der Waals surface area contributed by atoms with Crippen molar-refractivity contribution in [2.75, 3.05) is 31.1 Å². The topological polar surface area (TPSA) is 108 Å². The molecule has 2 aliphatic rings. The Labute approximate surface area is 169 Å². The average molecular weight is 402 g/mol. The van der Waals surface area contributed by atoms with Crippen LogP contribution in [-0.4, -0.2) is 60.6 Å². The van der Waals surface area contributed by atoms with E-state index in [1.54, 1.807) is 34.9 Å². The van der Waals surface area contributed by atoms with Crippen LogP contribution >= 0.6 is 0 Å². The number of fused-ring (bicyclic) bond motifs is 3. The smallest absolute Gasteiger partial charge is 0.407 e. The largest absolute Gasteiger partial charge is 0.450 e. The molecule has 1 saturated heterocycles. The van der Waals surface area contributed by atoms with Crippen LogP contribution in [0.15, 0.2) is 24.3 Å². The van der Waals surface area contributed by atoms with Gasteiger partial charge in [0.15, 0.2) is 0 Å². The molecule has 2 N–H and O–H groups in total. The number of benzene rings is 1. The van der Waals surface area contributed by atoms with Crippen LogP contribution < -0.4 is 15.5 Å². The summed E-state index contributed by atoms with van der Waals surface area (Å²) >= 11 is 0. The lowest BCUT2D eigenvalue weighted by molar-refractivity contribution is -0.121. The summed E-state index contributed by atoms with van der Waals surface area (Å²) in [5, 5.41) is 5.23. The van der Waals surface area contributed by atoms with Crippen LogP contribution in [0.5, 0.6) is 0 Å². The van der Waals surface area contributed by atoms with Crippen LogP contribution in [0.25, 0.3) is 0 Å². The van der Waals surface area contributed by atoms with Gasteiger partial charge in [0, 0.05) is 32.5 Å². The standard InChI is InChI=1S/C20H26N4O5/c1-3-29-19(28)22-12-11-21-16(25)9-13-23-18(27)14-6-4-5-7-15(14)24-17(26)8-10-20(23,24)2/h4-7H,3,8-13H2,1-2H3,(H,21,25)(H,22,28). The van der Waals surface area contributed by atoms with Crippen molar-refractivity contribution in [1.29, 1.82) is 0 Å². The van der Waals surface area contributed by atoms with E-state index >= 15 is 0 Å². The minimum atomic E-state index is -0.770. The first-order valence-corrected chi connectivity index (χ1v) is 9.80. The van der Waals surface area contributed by atoms with Crippen molar-refractivity contribution in [3.63, 3.8) is 0 Å². The van der Waals surface area contributed by atoms with Gasteiger partial charge in [-0.25, -0.2) is 4.79 Å². The molecular weight excluding hydrogens is 376 g/mol. The van der Waals surface area contributed by atoms with Gasteiger partial charge < -0.3 is 20.3 Å². The summed E-state index contributed by atoms with van der Waals surface area (Å²) < 4.78 is 4.74. The van der Waals surface area contributed by atoms with Gasteiger partial charge in [-0.1, -0.05) is 12.1 Å². The van der Waals surface area contributed by atoms with Gasteiger partial charge in [0.2, 0.25) is 11.8 Å². The number of carbonyl (C=O) groups is 4. The number of hydrogen-bond donors (Lipinski definition) is 2. The molecule has 0 bridgehead atoms. The van der Waals surface area contributed by atoms with Gasteiger partial charge in [0.1, 0.15) is 5.66 Å². The molecule has 3 rings (SSSR count). The van der Waals surface area contributed by atoms with Gasteiger partial charge in [-0.2, -0.15) is 0 Å². The van der Waals surface area contributed by atoms with Crippen molar-refractivity contribution in [1.82, 2.24) is 15.5 Å². The summed E-state index contributed by atoms with van der Waals surface area (Å²) in [6.07, 6.45) is 0.459. The molecule has 0 aliphatic carbocycles. The first-order chi connectivity index (χ1) is 13.9. The lowest BCUT2D eigenvalue weighted by Crippen LogP contribution is -2.62. The molecule has 9 nitrogen and oxygen atoms in total. The third-order valence-electron chi connectivity index (χ3n) is 5.30. The SMILES string of the molecule is CCOC(=O)NCCNC(=O)CCN1C(=O)c2ccccc2N2C(=O)CCC12C. The Bertz CT molecular complexity index is 827. The molecule has 2 heterocycles. The van der Waals surface area contributed by atoms with E-state index in [4.69, 9.17) is 4.74 Å². The molecule has 4 amide bonds. The second kappa shape index (κ2) is 8.50. The van der Waals surface area contributed by atoms with E-state index in [1.165, 1.54) is 0 Å². The van der Waals surface area contributed by atoms with E-state index in [2.05, 4.69) is 10.6 Å². The van der Waals surface area contributed by atoms with Gasteiger partial charge in [0.05, 0.1) is 17.9 Å². The molecule has 0 spiro atoms. The molecule has 1 aromatic carbocycles. The summed E-state index contributed by atoms with van der Waals surface area (Å²) in [6, 6.07) is 7.07. The third kappa shape index (κ3) is 4.03. The molecule has 0 aromatic heterocycles. The average Bonchev–Trinajstić information content (AvgIpc) is 3.00. The van der Waals surface area contributed by atoms with Crippen LogP contribution in [0.4, 0.5) is 10.5 Å². The number of para-hydroxylation sites is 1. The molecule has 1 unspecified atom stereocenters. The summed E-state index contributed by atoms with van der Waals surface area (Å²) in [5.74, 6) is -0.431. The van der Waals surface area contributed by atoms with Crippen molar-refractivity contribution in [3.8, 4) is 0 Å². The van der Waals surface area contributed by atoms with E-state index in [1.807, 2.05) is 13.0 Å². The lowest BCUT2D eigenvalue weighted by atomic mass is 9.98. The zero-order valence-electron chi connectivity index (χ0n) is 16.7. The number of hydrogen-bond acceptors (Lipinski definition) is 5. The van der Waals surface area contributed by atoms with E-state index in [9.17, 15) is 19.2 Å². The van der Waals surface area contributed by atoms with Gasteiger partial charge in [0.25, 0.3) is 5.91 Å². The van der Waals surface area contributed by atoms with Gasteiger partial charge in [-0.3, -0.25) is 19.3 Å².